The Balaban J connectivity index is 3.81. The molecule has 0 heterocycles. The topological polar surface area (TPSA) is 52.0 Å². The molecule has 2 nitrogen and oxygen atoms in total. The van der Waals surface area contributed by atoms with E-state index < -0.39 is 11.6 Å². The van der Waals surface area contributed by atoms with Crippen LogP contribution < -0.4 is 11.5 Å². The molecule has 0 fully saturated rings. The molecule has 5 heteroatoms. The van der Waals surface area contributed by atoms with Crippen molar-refractivity contribution in [1.82, 2.24) is 0 Å². The highest BCUT2D eigenvalue weighted by molar-refractivity contribution is 4.82. The number of hydrogen-bond acceptors (Lipinski definition) is 2. The number of unbranched alkanes of at least 4 members (excludes halogenated alkanes) is 16. The minimum atomic E-state index is -4.08. The maximum atomic E-state index is 13.6. The number of alkyl halides is 3. The quantitative estimate of drug-likeness (QED) is 0.168. The van der Waals surface area contributed by atoms with Crippen molar-refractivity contribution in [2.75, 3.05) is 13.1 Å². The van der Waals surface area contributed by atoms with E-state index in [1.807, 2.05) is 0 Å². The third-order valence-electron chi connectivity index (χ3n) is 6.55. The maximum absolute atomic E-state index is 13.6. The lowest BCUT2D eigenvalue weighted by molar-refractivity contribution is -0.223. The van der Waals surface area contributed by atoms with Gasteiger partial charge in [0.1, 0.15) is 0 Å². The highest BCUT2D eigenvalue weighted by Gasteiger charge is 2.49. The van der Waals surface area contributed by atoms with Crippen molar-refractivity contribution >= 4 is 0 Å². The van der Waals surface area contributed by atoms with Crippen molar-refractivity contribution < 1.29 is 13.2 Å². The summed E-state index contributed by atoms with van der Waals surface area (Å²) in [5, 5.41) is 0. The second kappa shape index (κ2) is 19.4. The van der Waals surface area contributed by atoms with Crippen LogP contribution in [0.2, 0.25) is 0 Å². The molecule has 0 unspecified atom stereocenters. The molecule has 0 spiro atoms. The predicted octanol–water partition coefficient (Wildman–Crippen LogP) is 8.27. The van der Waals surface area contributed by atoms with Crippen molar-refractivity contribution in [3.63, 3.8) is 0 Å². The standard InChI is InChI=1S/C25H51F3N2/c1-24(25(26,27)28,20-16-12-8-4-2-6-10-14-18-22-29)21-17-13-9-5-3-7-11-15-19-23-30/h2-23,29-30H2,1H3. The summed E-state index contributed by atoms with van der Waals surface area (Å²) in [6, 6.07) is 0. The molecule has 0 atom stereocenters. The molecule has 30 heavy (non-hydrogen) atoms. The van der Waals surface area contributed by atoms with E-state index in [1.165, 1.54) is 58.3 Å². The molecule has 0 saturated heterocycles. The molecule has 0 rings (SSSR count). The first kappa shape index (κ1) is 29.7. The van der Waals surface area contributed by atoms with Crippen LogP contribution in [0.5, 0.6) is 0 Å². The van der Waals surface area contributed by atoms with E-state index in [4.69, 9.17) is 11.5 Å². The van der Waals surface area contributed by atoms with Gasteiger partial charge in [-0.05, 0) is 38.8 Å². The molecule has 0 amide bonds. The Bertz CT molecular complexity index is 335. The van der Waals surface area contributed by atoms with Crippen LogP contribution in [-0.2, 0) is 0 Å². The third-order valence-corrected chi connectivity index (χ3v) is 6.55. The normalized spacial score (nSPS) is 12.6. The van der Waals surface area contributed by atoms with E-state index in [9.17, 15) is 13.2 Å². The van der Waals surface area contributed by atoms with Crippen LogP contribution in [0.4, 0.5) is 13.2 Å². The lowest BCUT2D eigenvalue weighted by atomic mass is 9.79. The van der Waals surface area contributed by atoms with Gasteiger partial charge in [-0.1, -0.05) is 110 Å². The van der Waals surface area contributed by atoms with E-state index in [1.54, 1.807) is 0 Å². The SMILES string of the molecule is CC(CCCCCCCCCCCN)(CCCCCCCCCCCN)C(F)(F)F. The maximum Gasteiger partial charge on any atom is 0.394 e. The second-order valence-corrected chi connectivity index (χ2v) is 9.50. The first-order chi connectivity index (χ1) is 14.4. The Labute approximate surface area is 185 Å². The fraction of sp³-hybridized carbons (Fsp3) is 1.00. The van der Waals surface area contributed by atoms with Crippen LogP contribution in [0.1, 0.15) is 135 Å². The van der Waals surface area contributed by atoms with Gasteiger partial charge in [-0.25, -0.2) is 0 Å². The number of nitrogens with two attached hydrogens (primary N) is 2. The summed E-state index contributed by atoms with van der Waals surface area (Å²) >= 11 is 0. The largest absolute Gasteiger partial charge is 0.394 e. The van der Waals surface area contributed by atoms with Crippen molar-refractivity contribution in [1.29, 1.82) is 0 Å². The molecule has 182 valence electrons. The summed E-state index contributed by atoms with van der Waals surface area (Å²) < 4.78 is 40.9. The van der Waals surface area contributed by atoms with Gasteiger partial charge >= 0.3 is 6.18 Å². The molecule has 0 saturated carbocycles. The fourth-order valence-electron chi connectivity index (χ4n) is 4.20. The molecule has 0 aromatic rings. The minimum Gasteiger partial charge on any atom is -0.330 e. The third kappa shape index (κ3) is 16.4. The van der Waals surface area contributed by atoms with Gasteiger partial charge in [-0.2, -0.15) is 13.2 Å². The zero-order valence-corrected chi connectivity index (χ0v) is 19.8. The zero-order chi connectivity index (χ0) is 22.6. The number of halogens is 3. The molecule has 0 aliphatic carbocycles. The van der Waals surface area contributed by atoms with Crippen molar-refractivity contribution in [3.05, 3.63) is 0 Å². The molecule has 4 N–H and O–H groups in total. The minimum absolute atomic E-state index is 0.286. The van der Waals surface area contributed by atoms with Gasteiger partial charge in [0.15, 0.2) is 0 Å². The summed E-state index contributed by atoms with van der Waals surface area (Å²) in [4.78, 5) is 0. The Kier molecular flexibility index (Phi) is 19.2. The summed E-state index contributed by atoms with van der Waals surface area (Å²) in [5.74, 6) is 0. The average Bonchev–Trinajstić information content (AvgIpc) is 2.70. The van der Waals surface area contributed by atoms with Crippen LogP contribution in [0.15, 0.2) is 0 Å². The first-order valence-electron chi connectivity index (χ1n) is 12.8. The average molecular weight is 437 g/mol. The molecule has 0 aliphatic heterocycles. The molecule has 0 aromatic heterocycles. The van der Waals surface area contributed by atoms with Gasteiger partial charge in [0.05, 0.1) is 5.41 Å². The number of rotatable bonds is 22. The first-order valence-corrected chi connectivity index (χ1v) is 12.8. The Morgan fingerprint density at radius 1 is 0.433 bits per heavy atom. The molecule has 0 radical (unpaired) electrons. The second-order valence-electron chi connectivity index (χ2n) is 9.50. The monoisotopic (exact) mass is 436 g/mol. The molecule has 0 bridgehead atoms. The lowest BCUT2D eigenvalue weighted by Crippen LogP contribution is -2.35. The van der Waals surface area contributed by atoms with Gasteiger partial charge in [0, 0.05) is 0 Å². The molecular weight excluding hydrogens is 385 g/mol. The van der Waals surface area contributed by atoms with E-state index in [0.717, 1.165) is 64.5 Å². The van der Waals surface area contributed by atoms with Gasteiger partial charge in [-0.3, -0.25) is 0 Å². The van der Waals surface area contributed by atoms with Gasteiger partial charge in [0.2, 0.25) is 0 Å². The fourth-order valence-corrected chi connectivity index (χ4v) is 4.20. The highest BCUT2D eigenvalue weighted by Crippen LogP contribution is 2.46. The van der Waals surface area contributed by atoms with Crippen molar-refractivity contribution in [3.8, 4) is 0 Å². The van der Waals surface area contributed by atoms with Crippen LogP contribution >= 0.6 is 0 Å². The molecule has 0 aromatic carbocycles. The van der Waals surface area contributed by atoms with Crippen LogP contribution in [0, 0.1) is 5.41 Å². The smallest absolute Gasteiger partial charge is 0.330 e. The number of hydrogen-bond donors (Lipinski definition) is 2. The summed E-state index contributed by atoms with van der Waals surface area (Å²) in [6.07, 6.45) is 16.1. The van der Waals surface area contributed by atoms with E-state index in [-0.39, 0.29) is 12.8 Å². The Morgan fingerprint density at radius 2 is 0.667 bits per heavy atom. The van der Waals surface area contributed by atoms with E-state index >= 15 is 0 Å². The van der Waals surface area contributed by atoms with Gasteiger partial charge < -0.3 is 11.5 Å². The van der Waals surface area contributed by atoms with Gasteiger partial charge in [-0.15, -0.1) is 0 Å². The Hall–Kier alpha value is -0.290. The van der Waals surface area contributed by atoms with Crippen LogP contribution in [0.3, 0.4) is 0 Å². The summed E-state index contributed by atoms with van der Waals surface area (Å²) in [7, 11) is 0. The summed E-state index contributed by atoms with van der Waals surface area (Å²) in [6.45, 7) is 2.99. The van der Waals surface area contributed by atoms with Crippen molar-refractivity contribution in [2.45, 2.75) is 142 Å². The van der Waals surface area contributed by atoms with Crippen LogP contribution in [-0.4, -0.2) is 19.3 Å². The Morgan fingerprint density at radius 3 is 0.900 bits per heavy atom. The lowest BCUT2D eigenvalue weighted by Gasteiger charge is -2.32. The predicted molar refractivity (Wildman–Crippen MR) is 125 cm³/mol. The highest BCUT2D eigenvalue weighted by atomic mass is 19.4. The van der Waals surface area contributed by atoms with Crippen molar-refractivity contribution in [2.24, 2.45) is 16.9 Å². The van der Waals surface area contributed by atoms with Gasteiger partial charge in [0.25, 0.3) is 0 Å². The van der Waals surface area contributed by atoms with Crippen LogP contribution in [0.25, 0.3) is 0 Å². The zero-order valence-electron chi connectivity index (χ0n) is 19.8. The molecular formula is C25H51F3N2. The van der Waals surface area contributed by atoms with E-state index in [2.05, 4.69) is 0 Å². The molecule has 0 aliphatic rings. The summed E-state index contributed by atoms with van der Waals surface area (Å²) in [5.41, 5.74) is 9.46. The van der Waals surface area contributed by atoms with E-state index in [0.29, 0.717) is 12.8 Å².